The van der Waals surface area contributed by atoms with Crippen LogP contribution in [0.3, 0.4) is 0 Å². The number of allylic oxidation sites excluding steroid dienone is 2. The number of aromatic nitrogens is 2. The van der Waals surface area contributed by atoms with Crippen LogP contribution in [0.2, 0.25) is 0 Å². The molecule has 3 rings (SSSR count). The third-order valence-electron chi connectivity index (χ3n) is 3.19. The van der Waals surface area contributed by atoms with Crippen molar-refractivity contribution in [2.45, 2.75) is 6.92 Å². The van der Waals surface area contributed by atoms with E-state index in [2.05, 4.69) is 22.3 Å². The Morgan fingerprint density at radius 1 is 1.41 bits per heavy atom. The fourth-order valence-electron chi connectivity index (χ4n) is 2.18. The van der Waals surface area contributed by atoms with Crippen LogP contribution in [-0.2, 0) is 0 Å². The minimum Gasteiger partial charge on any atom is -0.340 e. The van der Waals surface area contributed by atoms with Gasteiger partial charge in [0.05, 0.1) is 11.9 Å². The van der Waals surface area contributed by atoms with Gasteiger partial charge in [-0.2, -0.15) is 5.10 Å². The average molecular weight is 302 g/mol. The van der Waals surface area contributed by atoms with E-state index in [0.29, 0.717) is 17.6 Å². The first-order valence-electron chi connectivity index (χ1n) is 6.45. The molecule has 0 spiro atoms. The SMILES string of the molecule is C=C1C=C(C)n2ncc(C(=O)Nc3ccc(F)cc3F)c2N1. The number of benzene rings is 1. The van der Waals surface area contributed by atoms with Gasteiger partial charge in [0.15, 0.2) is 0 Å². The molecule has 1 amide bonds. The van der Waals surface area contributed by atoms with Crippen LogP contribution in [0.1, 0.15) is 17.3 Å². The highest BCUT2D eigenvalue weighted by Gasteiger charge is 2.22. The van der Waals surface area contributed by atoms with Gasteiger partial charge in [0.25, 0.3) is 5.91 Å². The number of anilines is 2. The topological polar surface area (TPSA) is 59.0 Å². The van der Waals surface area contributed by atoms with Gasteiger partial charge >= 0.3 is 0 Å². The van der Waals surface area contributed by atoms with Crippen molar-refractivity contribution in [3.05, 3.63) is 59.9 Å². The van der Waals surface area contributed by atoms with Crippen LogP contribution in [0.4, 0.5) is 20.3 Å². The number of carbonyl (C=O) groups is 1. The largest absolute Gasteiger partial charge is 0.340 e. The van der Waals surface area contributed by atoms with Crippen molar-refractivity contribution in [1.29, 1.82) is 0 Å². The van der Waals surface area contributed by atoms with Crippen LogP contribution in [0.25, 0.3) is 5.70 Å². The number of hydrogen-bond donors (Lipinski definition) is 2. The highest BCUT2D eigenvalue weighted by Crippen LogP contribution is 2.27. The summed E-state index contributed by atoms with van der Waals surface area (Å²) in [6.07, 6.45) is 3.15. The van der Waals surface area contributed by atoms with E-state index in [1.54, 1.807) is 10.8 Å². The maximum Gasteiger partial charge on any atom is 0.261 e. The molecule has 22 heavy (non-hydrogen) atoms. The lowest BCUT2D eigenvalue weighted by atomic mass is 10.2. The van der Waals surface area contributed by atoms with Crippen LogP contribution < -0.4 is 10.6 Å². The molecular formula is C15H12F2N4O. The maximum atomic E-state index is 13.6. The molecule has 1 aromatic heterocycles. The van der Waals surface area contributed by atoms with Gasteiger partial charge in [0.1, 0.15) is 23.0 Å². The van der Waals surface area contributed by atoms with Gasteiger partial charge < -0.3 is 10.6 Å². The third kappa shape index (κ3) is 2.37. The molecule has 0 atom stereocenters. The average Bonchev–Trinajstić information content (AvgIpc) is 2.86. The van der Waals surface area contributed by atoms with Crippen molar-refractivity contribution in [2.75, 3.05) is 10.6 Å². The molecule has 2 N–H and O–H groups in total. The normalized spacial score (nSPS) is 13.2. The molecular weight excluding hydrogens is 290 g/mol. The van der Waals surface area contributed by atoms with E-state index >= 15 is 0 Å². The molecule has 0 unspecified atom stereocenters. The molecule has 0 aliphatic carbocycles. The number of nitrogens with one attached hydrogen (secondary N) is 2. The summed E-state index contributed by atoms with van der Waals surface area (Å²) in [4.78, 5) is 12.3. The molecule has 0 saturated carbocycles. The Hall–Kier alpha value is -2.96. The first-order chi connectivity index (χ1) is 10.5. The fraction of sp³-hybridized carbons (Fsp3) is 0.0667. The molecule has 0 fully saturated rings. The Kier molecular flexibility index (Phi) is 3.25. The molecule has 5 nitrogen and oxygen atoms in total. The summed E-state index contributed by atoms with van der Waals surface area (Å²) in [7, 11) is 0. The van der Waals surface area contributed by atoms with Gasteiger partial charge in [0.2, 0.25) is 0 Å². The first kappa shape index (κ1) is 14.0. The predicted octanol–water partition coefficient (Wildman–Crippen LogP) is 3.21. The molecule has 1 aromatic carbocycles. The highest BCUT2D eigenvalue weighted by molar-refractivity contribution is 6.08. The third-order valence-corrected chi connectivity index (χ3v) is 3.19. The summed E-state index contributed by atoms with van der Waals surface area (Å²) < 4.78 is 28.0. The number of carbonyl (C=O) groups excluding carboxylic acids is 1. The van der Waals surface area contributed by atoms with E-state index in [-0.39, 0.29) is 11.3 Å². The molecule has 112 valence electrons. The van der Waals surface area contributed by atoms with Crippen LogP contribution in [0.5, 0.6) is 0 Å². The van der Waals surface area contributed by atoms with Crippen molar-refractivity contribution >= 4 is 23.1 Å². The lowest BCUT2D eigenvalue weighted by Crippen LogP contribution is -2.17. The van der Waals surface area contributed by atoms with Crippen molar-refractivity contribution in [3.8, 4) is 0 Å². The Morgan fingerprint density at radius 3 is 2.91 bits per heavy atom. The standard InChI is InChI=1S/C15H12F2N4O/c1-8-5-9(2)21-14(19-8)11(7-18-21)15(22)20-13-4-3-10(16)6-12(13)17/h3-7,19H,1H2,2H3,(H,20,22). The second-order valence-electron chi connectivity index (χ2n) is 4.83. The van der Waals surface area contributed by atoms with E-state index in [9.17, 15) is 13.6 Å². The lowest BCUT2D eigenvalue weighted by Gasteiger charge is -2.17. The van der Waals surface area contributed by atoms with Gasteiger partial charge in [0, 0.05) is 17.5 Å². The smallest absolute Gasteiger partial charge is 0.261 e. The van der Waals surface area contributed by atoms with Crippen LogP contribution in [0, 0.1) is 11.6 Å². The fourth-order valence-corrected chi connectivity index (χ4v) is 2.18. The Balaban J connectivity index is 1.91. The number of hydrogen-bond acceptors (Lipinski definition) is 3. The van der Waals surface area contributed by atoms with E-state index in [1.807, 2.05) is 6.92 Å². The van der Waals surface area contributed by atoms with Crippen molar-refractivity contribution in [2.24, 2.45) is 0 Å². The summed E-state index contributed by atoms with van der Waals surface area (Å²) in [5.41, 5.74) is 1.55. The van der Waals surface area contributed by atoms with E-state index < -0.39 is 17.5 Å². The molecule has 2 heterocycles. The van der Waals surface area contributed by atoms with Gasteiger partial charge in [-0.25, -0.2) is 13.5 Å². The van der Waals surface area contributed by atoms with Crippen LogP contribution >= 0.6 is 0 Å². The summed E-state index contributed by atoms with van der Waals surface area (Å²) >= 11 is 0. The quantitative estimate of drug-likeness (QED) is 0.895. The number of nitrogens with zero attached hydrogens (tertiary/aromatic N) is 2. The number of halogens is 2. The number of amides is 1. The Bertz CT molecular complexity index is 823. The molecule has 0 bridgehead atoms. The predicted molar refractivity (Wildman–Crippen MR) is 79.2 cm³/mol. The van der Waals surface area contributed by atoms with E-state index in [0.717, 1.165) is 17.8 Å². The summed E-state index contributed by atoms with van der Waals surface area (Å²) in [6, 6.07) is 2.94. The first-order valence-corrected chi connectivity index (χ1v) is 6.45. The molecule has 7 heteroatoms. The van der Waals surface area contributed by atoms with Gasteiger partial charge in [-0.05, 0) is 25.1 Å². The molecule has 1 aliphatic rings. The molecule has 0 saturated heterocycles. The minimum absolute atomic E-state index is 0.103. The zero-order valence-electron chi connectivity index (χ0n) is 11.7. The monoisotopic (exact) mass is 302 g/mol. The second kappa shape index (κ2) is 5.10. The maximum absolute atomic E-state index is 13.6. The zero-order valence-corrected chi connectivity index (χ0v) is 11.7. The zero-order chi connectivity index (χ0) is 15.9. The molecule has 2 aromatic rings. The highest BCUT2D eigenvalue weighted by atomic mass is 19.1. The van der Waals surface area contributed by atoms with Gasteiger partial charge in [-0.15, -0.1) is 0 Å². The van der Waals surface area contributed by atoms with E-state index in [1.165, 1.54) is 6.20 Å². The lowest BCUT2D eigenvalue weighted by molar-refractivity contribution is 0.102. The van der Waals surface area contributed by atoms with E-state index in [4.69, 9.17) is 0 Å². The molecule has 0 radical (unpaired) electrons. The minimum atomic E-state index is -0.845. The second-order valence-corrected chi connectivity index (χ2v) is 4.83. The van der Waals surface area contributed by atoms with Gasteiger partial charge in [-0.3, -0.25) is 4.79 Å². The summed E-state index contributed by atoms with van der Waals surface area (Å²) in [6.45, 7) is 5.61. The number of rotatable bonds is 2. The van der Waals surface area contributed by atoms with Crippen molar-refractivity contribution in [3.63, 3.8) is 0 Å². The number of fused-ring (bicyclic) bond motifs is 1. The van der Waals surface area contributed by atoms with Crippen molar-refractivity contribution in [1.82, 2.24) is 9.78 Å². The van der Waals surface area contributed by atoms with Gasteiger partial charge in [-0.1, -0.05) is 6.58 Å². The van der Waals surface area contributed by atoms with Crippen LogP contribution in [0.15, 0.2) is 42.7 Å². The Labute approximate surface area is 124 Å². The summed E-state index contributed by atoms with van der Waals surface area (Å²) in [5, 5.41) is 9.44. The Morgan fingerprint density at radius 2 is 2.18 bits per heavy atom. The summed E-state index contributed by atoms with van der Waals surface area (Å²) in [5.74, 6) is -1.66. The van der Waals surface area contributed by atoms with Crippen molar-refractivity contribution < 1.29 is 13.6 Å². The molecule has 1 aliphatic heterocycles. The van der Waals surface area contributed by atoms with Crippen LogP contribution in [-0.4, -0.2) is 15.7 Å².